The van der Waals surface area contributed by atoms with Crippen molar-refractivity contribution < 1.29 is 0 Å². The van der Waals surface area contributed by atoms with Crippen LogP contribution in [0.25, 0.3) is 27.3 Å². The van der Waals surface area contributed by atoms with Gasteiger partial charge in [-0.3, -0.25) is 19.1 Å². The largest absolute Gasteiger partial charge is 0.353 e. The molecule has 8 nitrogen and oxygen atoms in total. The van der Waals surface area contributed by atoms with Crippen LogP contribution in [-0.2, 0) is 6.54 Å². The van der Waals surface area contributed by atoms with Crippen LogP contribution in [0.4, 0.5) is 5.82 Å². The van der Waals surface area contributed by atoms with Gasteiger partial charge in [-0.1, -0.05) is 12.1 Å². The Morgan fingerprint density at radius 2 is 1.85 bits per heavy atom. The Kier molecular flexibility index (Phi) is 5.04. The van der Waals surface area contributed by atoms with E-state index in [-0.39, 0.29) is 5.56 Å². The maximum Gasteiger partial charge on any atom is 0.258 e. The van der Waals surface area contributed by atoms with Crippen LogP contribution in [0.5, 0.6) is 0 Å². The smallest absolute Gasteiger partial charge is 0.258 e. The zero-order valence-corrected chi connectivity index (χ0v) is 18.6. The molecule has 1 aromatic carbocycles. The van der Waals surface area contributed by atoms with E-state index in [1.807, 2.05) is 35.7 Å². The van der Waals surface area contributed by atoms with Gasteiger partial charge in [0, 0.05) is 73.7 Å². The van der Waals surface area contributed by atoms with Crippen molar-refractivity contribution in [1.82, 2.24) is 29.2 Å². The lowest BCUT2D eigenvalue weighted by Crippen LogP contribution is -2.46. The number of anilines is 1. The summed E-state index contributed by atoms with van der Waals surface area (Å²) in [7, 11) is 0. The average molecular weight is 456 g/mol. The molecule has 5 aromatic rings. The highest BCUT2D eigenvalue weighted by Gasteiger charge is 2.22. The van der Waals surface area contributed by atoms with Crippen LogP contribution < -0.4 is 10.5 Å². The standard InChI is InChI=1S/C24H21N7OS/c32-21-14-18(26-24-31(21)12-13-33-24)16-29-8-10-30(11-9-29)23-19-5-1-2-6-20(19)27-22(28-23)17-4-3-7-25-15-17/h1-7,12-15H,8-11,16H2. The van der Waals surface area contributed by atoms with Crippen molar-refractivity contribution in [3.8, 4) is 11.4 Å². The summed E-state index contributed by atoms with van der Waals surface area (Å²) in [4.78, 5) is 36.3. The van der Waals surface area contributed by atoms with Gasteiger partial charge in [-0.2, -0.15) is 0 Å². The van der Waals surface area contributed by atoms with E-state index in [0.29, 0.717) is 12.4 Å². The molecule has 0 atom stereocenters. The van der Waals surface area contributed by atoms with E-state index in [1.54, 1.807) is 29.1 Å². The Morgan fingerprint density at radius 3 is 2.70 bits per heavy atom. The summed E-state index contributed by atoms with van der Waals surface area (Å²) < 4.78 is 1.59. The molecule has 0 bridgehead atoms. The third-order valence-electron chi connectivity index (χ3n) is 5.92. The zero-order chi connectivity index (χ0) is 22.2. The van der Waals surface area contributed by atoms with Crippen LogP contribution in [0.1, 0.15) is 5.69 Å². The Balaban J connectivity index is 1.25. The van der Waals surface area contributed by atoms with Gasteiger partial charge in [-0.05, 0) is 24.3 Å². The average Bonchev–Trinajstić information content (AvgIpc) is 3.34. The maximum atomic E-state index is 12.3. The fourth-order valence-electron chi connectivity index (χ4n) is 4.24. The lowest BCUT2D eigenvalue weighted by Gasteiger charge is -2.35. The van der Waals surface area contributed by atoms with Gasteiger partial charge in [0.15, 0.2) is 10.8 Å². The van der Waals surface area contributed by atoms with E-state index in [1.165, 1.54) is 11.3 Å². The van der Waals surface area contributed by atoms with Crippen LogP contribution in [0.15, 0.2) is 71.2 Å². The fourth-order valence-corrected chi connectivity index (χ4v) is 4.98. The summed E-state index contributed by atoms with van der Waals surface area (Å²) in [6, 6.07) is 13.7. The van der Waals surface area contributed by atoms with Crippen LogP contribution in [0.3, 0.4) is 0 Å². The summed E-state index contributed by atoms with van der Waals surface area (Å²) in [5.74, 6) is 1.64. The minimum Gasteiger partial charge on any atom is -0.353 e. The van der Waals surface area contributed by atoms with Crippen molar-refractivity contribution in [3.05, 3.63) is 82.5 Å². The van der Waals surface area contributed by atoms with E-state index in [2.05, 4.69) is 25.8 Å². The SMILES string of the molecule is O=c1cc(CN2CCN(c3nc(-c4cccnc4)nc4ccccc34)CC2)nc2sccn12. The summed E-state index contributed by atoms with van der Waals surface area (Å²) in [6.07, 6.45) is 5.32. The molecule has 0 unspecified atom stereocenters. The van der Waals surface area contributed by atoms with E-state index >= 15 is 0 Å². The molecule has 0 saturated carbocycles. The maximum absolute atomic E-state index is 12.3. The van der Waals surface area contributed by atoms with Crippen molar-refractivity contribution in [3.63, 3.8) is 0 Å². The Morgan fingerprint density at radius 1 is 0.970 bits per heavy atom. The first-order chi connectivity index (χ1) is 16.2. The van der Waals surface area contributed by atoms with E-state index in [4.69, 9.17) is 9.97 Å². The normalized spacial score (nSPS) is 14.8. The Labute approximate surface area is 193 Å². The van der Waals surface area contributed by atoms with E-state index in [9.17, 15) is 4.79 Å². The molecule has 9 heteroatoms. The van der Waals surface area contributed by atoms with Crippen molar-refractivity contribution in [2.75, 3.05) is 31.1 Å². The number of hydrogen-bond donors (Lipinski definition) is 0. The van der Waals surface area contributed by atoms with Gasteiger partial charge in [0.1, 0.15) is 5.82 Å². The molecule has 1 fully saturated rings. The molecule has 4 aromatic heterocycles. The number of thiazole rings is 1. The molecular weight excluding hydrogens is 434 g/mol. The van der Waals surface area contributed by atoms with Gasteiger partial charge in [-0.25, -0.2) is 15.0 Å². The topological polar surface area (TPSA) is 79.5 Å². The van der Waals surface area contributed by atoms with Crippen LogP contribution in [0, 0.1) is 0 Å². The predicted octanol–water partition coefficient (Wildman–Crippen LogP) is 3.08. The number of hydrogen-bond acceptors (Lipinski definition) is 8. The van der Waals surface area contributed by atoms with Crippen molar-refractivity contribution in [2.24, 2.45) is 0 Å². The molecule has 0 aliphatic carbocycles. The Bertz CT molecular complexity index is 1490. The highest BCUT2D eigenvalue weighted by Crippen LogP contribution is 2.28. The third-order valence-corrected chi connectivity index (χ3v) is 6.67. The molecule has 0 amide bonds. The van der Waals surface area contributed by atoms with Crippen molar-refractivity contribution in [1.29, 1.82) is 0 Å². The first-order valence-electron chi connectivity index (χ1n) is 10.8. The highest BCUT2D eigenvalue weighted by molar-refractivity contribution is 7.15. The zero-order valence-electron chi connectivity index (χ0n) is 17.8. The molecule has 164 valence electrons. The molecule has 0 N–H and O–H groups in total. The summed E-state index contributed by atoms with van der Waals surface area (Å²) in [5, 5.41) is 2.94. The molecule has 0 radical (unpaired) electrons. The van der Waals surface area contributed by atoms with Gasteiger partial charge in [0.25, 0.3) is 5.56 Å². The van der Waals surface area contributed by atoms with Crippen LogP contribution >= 0.6 is 11.3 Å². The number of aromatic nitrogens is 5. The second-order valence-electron chi connectivity index (χ2n) is 8.03. The molecule has 33 heavy (non-hydrogen) atoms. The number of piperazine rings is 1. The predicted molar refractivity (Wildman–Crippen MR) is 130 cm³/mol. The van der Waals surface area contributed by atoms with E-state index in [0.717, 1.165) is 59.1 Å². The minimum atomic E-state index is -0.0229. The molecule has 6 rings (SSSR count). The number of pyridine rings is 1. The first-order valence-corrected chi connectivity index (χ1v) is 11.7. The molecule has 1 saturated heterocycles. The number of benzene rings is 1. The van der Waals surface area contributed by atoms with Gasteiger partial charge in [-0.15, -0.1) is 11.3 Å². The fraction of sp³-hybridized carbons (Fsp3) is 0.208. The second-order valence-corrected chi connectivity index (χ2v) is 8.91. The Hall–Kier alpha value is -3.69. The van der Waals surface area contributed by atoms with Gasteiger partial charge < -0.3 is 4.90 Å². The van der Waals surface area contributed by atoms with Gasteiger partial charge in [0.05, 0.1) is 11.2 Å². The first kappa shape index (κ1) is 20.0. The minimum absolute atomic E-state index is 0.0229. The van der Waals surface area contributed by atoms with E-state index < -0.39 is 0 Å². The number of rotatable bonds is 4. The number of para-hydroxylation sites is 1. The number of nitrogens with zero attached hydrogens (tertiary/aromatic N) is 7. The summed E-state index contributed by atoms with van der Waals surface area (Å²) in [6.45, 7) is 4.09. The lowest BCUT2D eigenvalue weighted by atomic mass is 10.2. The molecule has 0 spiro atoms. The van der Waals surface area contributed by atoms with Crippen molar-refractivity contribution in [2.45, 2.75) is 6.54 Å². The summed E-state index contributed by atoms with van der Waals surface area (Å²) >= 11 is 1.48. The molecular formula is C24H21N7OS. The lowest BCUT2D eigenvalue weighted by molar-refractivity contribution is 0.247. The molecule has 1 aliphatic rings. The highest BCUT2D eigenvalue weighted by atomic mass is 32.1. The van der Waals surface area contributed by atoms with Crippen molar-refractivity contribution >= 4 is 33.0 Å². The molecule has 1 aliphatic heterocycles. The number of fused-ring (bicyclic) bond motifs is 2. The van der Waals surface area contributed by atoms with Crippen LogP contribution in [-0.4, -0.2) is 55.4 Å². The van der Waals surface area contributed by atoms with Crippen LogP contribution in [0.2, 0.25) is 0 Å². The second kappa shape index (κ2) is 8.34. The monoisotopic (exact) mass is 455 g/mol. The third kappa shape index (κ3) is 3.85. The van der Waals surface area contributed by atoms with Gasteiger partial charge in [0.2, 0.25) is 0 Å². The molecule has 5 heterocycles. The quantitative estimate of drug-likeness (QED) is 0.412. The summed E-state index contributed by atoms with van der Waals surface area (Å²) in [5.41, 5.74) is 2.63. The van der Waals surface area contributed by atoms with Gasteiger partial charge >= 0.3 is 0 Å².